The summed E-state index contributed by atoms with van der Waals surface area (Å²) >= 11 is 0. The van der Waals surface area contributed by atoms with Crippen molar-refractivity contribution in [1.29, 1.82) is 0 Å². The second-order valence-electron chi connectivity index (χ2n) is 4.43. The molecule has 2 atom stereocenters. The maximum atomic E-state index is 10.9. The number of hydrogen-bond acceptors (Lipinski definition) is 3. The molecule has 1 aliphatic rings. The zero-order valence-corrected chi connectivity index (χ0v) is 9.37. The molecule has 0 radical (unpaired) electrons. The second kappa shape index (κ2) is 5.42. The van der Waals surface area contributed by atoms with Crippen molar-refractivity contribution in [2.75, 3.05) is 0 Å². The monoisotopic (exact) mass is 212 g/mol. The standard InChI is InChI=1S/C12H20O3/c1-3-12(15-14)9-5-4-6-11(12)8-7-10(2)13/h3,11,14H,1,4-9H2,2H3. The maximum Gasteiger partial charge on any atom is 0.129 e. The Balaban J connectivity index is 2.64. The van der Waals surface area contributed by atoms with E-state index in [9.17, 15) is 4.79 Å². The predicted molar refractivity (Wildman–Crippen MR) is 58.5 cm³/mol. The van der Waals surface area contributed by atoms with E-state index < -0.39 is 5.60 Å². The molecule has 0 aromatic heterocycles. The van der Waals surface area contributed by atoms with Crippen LogP contribution in [-0.4, -0.2) is 16.6 Å². The van der Waals surface area contributed by atoms with Crippen LogP contribution in [0.2, 0.25) is 0 Å². The third-order valence-corrected chi connectivity index (χ3v) is 3.42. The Hall–Kier alpha value is -0.670. The third kappa shape index (κ3) is 2.89. The fraction of sp³-hybridized carbons (Fsp3) is 0.750. The lowest BCUT2D eigenvalue weighted by Gasteiger charge is -2.39. The van der Waals surface area contributed by atoms with Crippen molar-refractivity contribution in [3.63, 3.8) is 0 Å². The van der Waals surface area contributed by atoms with Gasteiger partial charge in [-0.3, -0.25) is 5.26 Å². The van der Waals surface area contributed by atoms with Crippen molar-refractivity contribution in [3.05, 3.63) is 12.7 Å². The third-order valence-electron chi connectivity index (χ3n) is 3.42. The highest BCUT2D eigenvalue weighted by molar-refractivity contribution is 5.75. The van der Waals surface area contributed by atoms with Crippen molar-refractivity contribution < 1.29 is 14.9 Å². The molecule has 1 aliphatic carbocycles. The Morgan fingerprint density at radius 1 is 1.67 bits per heavy atom. The van der Waals surface area contributed by atoms with Crippen molar-refractivity contribution in [1.82, 2.24) is 0 Å². The summed E-state index contributed by atoms with van der Waals surface area (Å²) in [7, 11) is 0. The van der Waals surface area contributed by atoms with Gasteiger partial charge in [-0.15, -0.1) is 6.58 Å². The van der Waals surface area contributed by atoms with Crippen LogP contribution >= 0.6 is 0 Å². The van der Waals surface area contributed by atoms with Crippen LogP contribution in [0.4, 0.5) is 0 Å². The molecule has 0 spiro atoms. The molecule has 1 rings (SSSR count). The van der Waals surface area contributed by atoms with E-state index in [-0.39, 0.29) is 11.7 Å². The molecule has 0 amide bonds. The van der Waals surface area contributed by atoms with Gasteiger partial charge < -0.3 is 4.79 Å². The zero-order valence-electron chi connectivity index (χ0n) is 9.37. The van der Waals surface area contributed by atoms with E-state index in [0.717, 1.165) is 32.1 Å². The molecule has 86 valence electrons. The van der Waals surface area contributed by atoms with Gasteiger partial charge in [0, 0.05) is 6.42 Å². The van der Waals surface area contributed by atoms with Crippen molar-refractivity contribution in [3.8, 4) is 0 Å². The Labute approximate surface area is 91.1 Å². The maximum absolute atomic E-state index is 10.9. The van der Waals surface area contributed by atoms with Crippen LogP contribution < -0.4 is 0 Å². The number of carbonyl (C=O) groups excluding carboxylic acids is 1. The van der Waals surface area contributed by atoms with Gasteiger partial charge in [0.05, 0.1) is 0 Å². The number of carbonyl (C=O) groups is 1. The Morgan fingerprint density at radius 3 is 2.93 bits per heavy atom. The van der Waals surface area contributed by atoms with E-state index in [1.54, 1.807) is 13.0 Å². The van der Waals surface area contributed by atoms with Gasteiger partial charge in [0.25, 0.3) is 0 Å². The summed E-state index contributed by atoms with van der Waals surface area (Å²) < 4.78 is 0. The van der Waals surface area contributed by atoms with E-state index in [2.05, 4.69) is 11.5 Å². The van der Waals surface area contributed by atoms with Gasteiger partial charge in [-0.1, -0.05) is 18.9 Å². The largest absolute Gasteiger partial charge is 0.300 e. The molecule has 0 aliphatic heterocycles. The van der Waals surface area contributed by atoms with E-state index >= 15 is 0 Å². The SMILES string of the molecule is C=CC1(OO)CCCCC1CCC(C)=O. The minimum absolute atomic E-state index is 0.191. The average Bonchev–Trinajstić information content (AvgIpc) is 2.26. The lowest BCUT2D eigenvalue weighted by molar-refractivity contribution is -0.327. The smallest absolute Gasteiger partial charge is 0.129 e. The Kier molecular flexibility index (Phi) is 4.48. The highest BCUT2D eigenvalue weighted by atomic mass is 17.1. The van der Waals surface area contributed by atoms with Gasteiger partial charge in [0.2, 0.25) is 0 Å². The van der Waals surface area contributed by atoms with Crippen LogP contribution in [0.15, 0.2) is 12.7 Å². The summed E-state index contributed by atoms with van der Waals surface area (Å²) in [4.78, 5) is 15.6. The molecule has 1 fully saturated rings. The summed E-state index contributed by atoms with van der Waals surface area (Å²) in [5.74, 6) is 0.411. The van der Waals surface area contributed by atoms with Gasteiger partial charge in [-0.2, -0.15) is 0 Å². The summed E-state index contributed by atoms with van der Waals surface area (Å²) in [5.41, 5.74) is -0.617. The van der Waals surface area contributed by atoms with Gasteiger partial charge >= 0.3 is 0 Å². The van der Waals surface area contributed by atoms with Gasteiger partial charge in [0.15, 0.2) is 0 Å². The fourth-order valence-electron chi connectivity index (χ4n) is 2.43. The van der Waals surface area contributed by atoms with E-state index in [0.29, 0.717) is 6.42 Å². The van der Waals surface area contributed by atoms with Crippen LogP contribution in [0, 0.1) is 5.92 Å². The van der Waals surface area contributed by atoms with Gasteiger partial charge in [-0.05, 0) is 32.1 Å². The predicted octanol–water partition coefficient (Wildman–Crippen LogP) is 2.96. The Bertz CT molecular complexity index is 237. The van der Waals surface area contributed by atoms with Crippen molar-refractivity contribution in [2.24, 2.45) is 5.92 Å². The molecule has 15 heavy (non-hydrogen) atoms. The molecule has 2 unspecified atom stereocenters. The molecule has 0 bridgehead atoms. The number of ketones is 1. The lowest BCUT2D eigenvalue weighted by atomic mass is 9.73. The molecule has 0 aromatic rings. The summed E-state index contributed by atoms with van der Waals surface area (Å²) in [6, 6.07) is 0. The van der Waals surface area contributed by atoms with Crippen LogP contribution in [-0.2, 0) is 9.68 Å². The highest BCUT2D eigenvalue weighted by Crippen LogP contribution is 2.39. The average molecular weight is 212 g/mol. The van der Waals surface area contributed by atoms with Crippen LogP contribution in [0.1, 0.15) is 45.4 Å². The van der Waals surface area contributed by atoms with Crippen molar-refractivity contribution in [2.45, 2.75) is 51.0 Å². The normalized spacial score (nSPS) is 31.2. The highest BCUT2D eigenvalue weighted by Gasteiger charge is 2.39. The topological polar surface area (TPSA) is 46.5 Å². The first kappa shape index (κ1) is 12.4. The number of hydrogen-bond donors (Lipinski definition) is 1. The number of rotatable bonds is 5. The van der Waals surface area contributed by atoms with E-state index in [1.807, 2.05) is 0 Å². The quantitative estimate of drug-likeness (QED) is 0.433. The summed E-state index contributed by atoms with van der Waals surface area (Å²) in [6.07, 6.45) is 7.02. The first-order valence-electron chi connectivity index (χ1n) is 5.60. The van der Waals surface area contributed by atoms with E-state index in [1.165, 1.54) is 0 Å². The van der Waals surface area contributed by atoms with E-state index in [4.69, 9.17) is 5.26 Å². The lowest BCUT2D eigenvalue weighted by Crippen LogP contribution is -2.40. The fourth-order valence-corrected chi connectivity index (χ4v) is 2.43. The summed E-state index contributed by atoms with van der Waals surface area (Å²) in [6.45, 7) is 5.33. The first-order chi connectivity index (χ1) is 7.14. The number of Topliss-reactive ketones (excluding diaryl/α,β-unsaturated/α-hetero) is 1. The van der Waals surface area contributed by atoms with Gasteiger partial charge in [0.1, 0.15) is 11.4 Å². The Morgan fingerprint density at radius 2 is 2.40 bits per heavy atom. The van der Waals surface area contributed by atoms with Crippen LogP contribution in [0.3, 0.4) is 0 Å². The minimum Gasteiger partial charge on any atom is -0.300 e. The minimum atomic E-state index is -0.617. The van der Waals surface area contributed by atoms with Crippen LogP contribution in [0.25, 0.3) is 0 Å². The molecular formula is C12H20O3. The molecular weight excluding hydrogens is 192 g/mol. The molecule has 0 saturated heterocycles. The second-order valence-corrected chi connectivity index (χ2v) is 4.43. The summed E-state index contributed by atoms with van der Waals surface area (Å²) in [5, 5.41) is 9.02. The zero-order chi connectivity index (χ0) is 11.3. The molecule has 3 nitrogen and oxygen atoms in total. The molecule has 0 aromatic carbocycles. The molecule has 1 N–H and O–H groups in total. The van der Waals surface area contributed by atoms with Crippen molar-refractivity contribution >= 4 is 5.78 Å². The molecule has 3 heteroatoms. The molecule has 1 saturated carbocycles. The van der Waals surface area contributed by atoms with Crippen LogP contribution in [0.5, 0.6) is 0 Å². The van der Waals surface area contributed by atoms with Gasteiger partial charge in [-0.25, -0.2) is 4.89 Å². The molecule has 0 heterocycles. The first-order valence-corrected chi connectivity index (χ1v) is 5.60.